The van der Waals surface area contributed by atoms with Gasteiger partial charge in [0.2, 0.25) is 11.8 Å². The molecule has 2 aliphatic heterocycles. The fourth-order valence-electron chi connectivity index (χ4n) is 3.70. The molecule has 3 amide bonds. The number of fused-ring (bicyclic) bond motifs is 1. The predicted octanol–water partition coefficient (Wildman–Crippen LogP) is 1.94. The molecule has 7 nitrogen and oxygen atoms in total. The van der Waals surface area contributed by atoms with Crippen LogP contribution in [0.5, 0.6) is 5.75 Å². The number of para-hydroxylation sites is 1. The van der Waals surface area contributed by atoms with Crippen molar-refractivity contribution < 1.29 is 19.1 Å². The molecule has 1 unspecified atom stereocenters. The van der Waals surface area contributed by atoms with Crippen LogP contribution in [0.25, 0.3) is 0 Å². The second kappa shape index (κ2) is 8.24. The minimum Gasteiger partial charge on any atom is -0.485 e. The van der Waals surface area contributed by atoms with E-state index in [1.54, 1.807) is 34.4 Å². The van der Waals surface area contributed by atoms with Crippen LogP contribution >= 0.6 is 11.3 Å². The molecule has 2 aliphatic rings. The fraction of sp³-hybridized carbons (Fsp3) is 0.381. The van der Waals surface area contributed by atoms with E-state index in [0.717, 1.165) is 4.88 Å². The van der Waals surface area contributed by atoms with Crippen LogP contribution in [-0.2, 0) is 16.1 Å². The monoisotopic (exact) mass is 413 g/mol. The first-order valence-corrected chi connectivity index (χ1v) is 10.6. The molecule has 0 bridgehead atoms. The molecule has 29 heavy (non-hydrogen) atoms. The van der Waals surface area contributed by atoms with E-state index in [4.69, 9.17) is 4.74 Å². The van der Waals surface area contributed by atoms with Crippen LogP contribution in [0.1, 0.15) is 34.5 Å². The van der Waals surface area contributed by atoms with Gasteiger partial charge in [-0.3, -0.25) is 14.4 Å². The molecule has 3 heterocycles. The molecule has 1 atom stereocenters. The second-order valence-corrected chi connectivity index (χ2v) is 8.42. The summed E-state index contributed by atoms with van der Waals surface area (Å²) in [6.45, 7) is 1.24. The van der Waals surface area contributed by atoms with E-state index in [1.807, 2.05) is 23.6 Å². The van der Waals surface area contributed by atoms with Gasteiger partial charge in [-0.2, -0.15) is 0 Å². The van der Waals surface area contributed by atoms with Gasteiger partial charge >= 0.3 is 0 Å². The average molecular weight is 413 g/mol. The summed E-state index contributed by atoms with van der Waals surface area (Å²) >= 11 is 1.58. The van der Waals surface area contributed by atoms with E-state index in [-0.39, 0.29) is 30.7 Å². The highest BCUT2D eigenvalue weighted by Crippen LogP contribution is 2.33. The molecule has 1 fully saturated rings. The van der Waals surface area contributed by atoms with Crippen LogP contribution in [0.3, 0.4) is 0 Å². The van der Waals surface area contributed by atoms with Crippen LogP contribution in [-0.4, -0.2) is 47.9 Å². The van der Waals surface area contributed by atoms with Crippen molar-refractivity contribution in [3.8, 4) is 5.75 Å². The molecule has 0 radical (unpaired) electrons. The van der Waals surface area contributed by atoms with Crippen molar-refractivity contribution in [2.75, 3.05) is 19.6 Å². The number of thiophene rings is 1. The van der Waals surface area contributed by atoms with Crippen LogP contribution in [0.2, 0.25) is 0 Å². The lowest BCUT2D eigenvalue weighted by Crippen LogP contribution is -2.46. The number of likely N-dealkylation sites (tertiary alicyclic amines) is 1. The predicted molar refractivity (Wildman–Crippen MR) is 109 cm³/mol. The summed E-state index contributed by atoms with van der Waals surface area (Å²) in [5, 5.41) is 7.75. The molecular formula is C21H23N3O4S. The Kier molecular flexibility index (Phi) is 5.53. The van der Waals surface area contributed by atoms with Crippen LogP contribution in [0, 0.1) is 0 Å². The van der Waals surface area contributed by atoms with Gasteiger partial charge in [0.25, 0.3) is 5.91 Å². The zero-order valence-corrected chi connectivity index (χ0v) is 16.8. The molecule has 1 aromatic heterocycles. The first kappa shape index (κ1) is 19.4. The number of ether oxygens (including phenoxy) is 1. The highest BCUT2D eigenvalue weighted by Gasteiger charge is 2.40. The number of carbonyl (C=O) groups excluding carboxylic acids is 3. The largest absolute Gasteiger partial charge is 0.485 e. The van der Waals surface area contributed by atoms with Gasteiger partial charge in [0, 0.05) is 24.3 Å². The molecular weight excluding hydrogens is 390 g/mol. The summed E-state index contributed by atoms with van der Waals surface area (Å²) in [5.74, 6) is 0.124. The molecule has 4 rings (SSSR count). The Labute approximate surface area is 173 Å². The van der Waals surface area contributed by atoms with E-state index in [0.29, 0.717) is 43.8 Å². The number of benzene rings is 1. The molecule has 2 N–H and O–H groups in total. The fourth-order valence-corrected chi connectivity index (χ4v) is 4.35. The first-order chi connectivity index (χ1) is 14.0. The average Bonchev–Trinajstić information content (AvgIpc) is 3.15. The highest BCUT2D eigenvalue weighted by molar-refractivity contribution is 7.09. The Hall–Kier alpha value is -2.87. The summed E-state index contributed by atoms with van der Waals surface area (Å²) in [4.78, 5) is 39.9. The smallest absolute Gasteiger partial charge is 0.255 e. The van der Waals surface area contributed by atoms with Crippen LogP contribution in [0.15, 0.2) is 41.8 Å². The first-order valence-electron chi connectivity index (χ1n) is 9.68. The van der Waals surface area contributed by atoms with Crippen molar-refractivity contribution in [2.45, 2.75) is 31.4 Å². The zero-order valence-electron chi connectivity index (χ0n) is 16.0. The topological polar surface area (TPSA) is 87.7 Å². The van der Waals surface area contributed by atoms with Gasteiger partial charge in [-0.15, -0.1) is 11.3 Å². The Balaban J connectivity index is 1.40. The Morgan fingerprint density at radius 1 is 1.21 bits per heavy atom. The number of amides is 3. The molecule has 1 spiro atoms. The van der Waals surface area contributed by atoms with Crippen molar-refractivity contribution in [3.05, 3.63) is 52.2 Å². The van der Waals surface area contributed by atoms with E-state index in [1.165, 1.54) is 0 Å². The van der Waals surface area contributed by atoms with Crippen molar-refractivity contribution in [3.63, 3.8) is 0 Å². The van der Waals surface area contributed by atoms with Gasteiger partial charge in [-0.25, -0.2) is 0 Å². The van der Waals surface area contributed by atoms with Crippen molar-refractivity contribution in [1.82, 2.24) is 15.5 Å². The maximum atomic E-state index is 12.6. The number of hydrogen-bond donors (Lipinski definition) is 2. The third-order valence-corrected chi connectivity index (χ3v) is 6.26. The molecule has 152 valence electrons. The van der Waals surface area contributed by atoms with Gasteiger partial charge in [0.1, 0.15) is 11.4 Å². The summed E-state index contributed by atoms with van der Waals surface area (Å²) in [6, 6.07) is 11.0. The molecule has 1 aromatic carbocycles. The second-order valence-electron chi connectivity index (χ2n) is 7.39. The summed E-state index contributed by atoms with van der Waals surface area (Å²) in [7, 11) is 0. The maximum absolute atomic E-state index is 12.6. The Morgan fingerprint density at radius 3 is 2.90 bits per heavy atom. The van der Waals surface area contributed by atoms with E-state index in [9.17, 15) is 14.4 Å². The summed E-state index contributed by atoms with van der Waals surface area (Å²) in [6.07, 6.45) is 1.32. The Morgan fingerprint density at radius 2 is 2.07 bits per heavy atom. The van der Waals surface area contributed by atoms with E-state index in [2.05, 4.69) is 10.6 Å². The number of rotatable bonds is 4. The lowest BCUT2D eigenvalue weighted by molar-refractivity contribution is -0.135. The van der Waals surface area contributed by atoms with Crippen molar-refractivity contribution in [1.29, 1.82) is 0 Å². The quantitative estimate of drug-likeness (QED) is 0.802. The van der Waals surface area contributed by atoms with Crippen LogP contribution < -0.4 is 15.4 Å². The van der Waals surface area contributed by atoms with Gasteiger partial charge in [0.15, 0.2) is 0 Å². The van der Waals surface area contributed by atoms with Gasteiger partial charge in [-0.1, -0.05) is 18.2 Å². The number of nitrogens with zero attached hydrogens (tertiary/aromatic N) is 1. The maximum Gasteiger partial charge on any atom is 0.255 e. The van der Waals surface area contributed by atoms with Crippen LogP contribution in [0.4, 0.5) is 0 Å². The summed E-state index contributed by atoms with van der Waals surface area (Å²) in [5.41, 5.74) is -0.148. The number of nitrogens with one attached hydrogen (secondary N) is 2. The molecule has 2 aromatic rings. The summed E-state index contributed by atoms with van der Waals surface area (Å²) < 4.78 is 6.27. The normalized spacial score (nSPS) is 21.6. The minimum atomic E-state index is -0.653. The van der Waals surface area contributed by atoms with E-state index < -0.39 is 5.60 Å². The molecule has 1 saturated heterocycles. The number of hydrogen-bond acceptors (Lipinski definition) is 5. The van der Waals surface area contributed by atoms with Crippen molar-refractivity contribution >= 4 is 29.1 Å². The molecule has 0 saturated carbocycles. The zero-order chi connectivity index (χ0) is 20.3. The SMILES string of the molecule is O=C(CN1CCC2(CCC1=O)CNC(=O)c1ccccc1O2)NCc1cccs1. The standard InChI is InChI=1S/C21H23N3O4S/c25-18(22-12-15-4-3-11-29-15)13-24-10-9-21(8-7-19(24)26)14-23-20(27)16-5-1-2-6-17(16)28-21/h1-6,11H,7-10,12-14H2,(H,22,25)(H,23,27). The number of carbonyl (C=O) groups is 3. The third kappa shape index (κ3) is 4.42. The van der Waals surface area contributed by atoms with Gasteiger partial charge < -0.3 is 20.3 Å². The minimum absolute atomic E-state index is 0.0310. The molecule has 8 heteroatoms. The van der Waals surface area contributed by atoms with Gasteiger partial charge in [0.05, 0.1) is 25.2 Å². The lowest BCUT2D eigenvalue weighted by Gasteiger charge is -2.32. The van der Waals surface area contributed by atoms with Crippen molar-refractivity contribution in [2.24, 2.45) is 0 Å². The van der Waals surface area contributed by atoms with Gasteiger partial charge in [-0.05, 0) is 30.0 Å². The molecule has 0 aliphatic carbocycles. The lowest BCUT2D eigenvalue weighted by atomic mass is 9.94. The third-order valence-electron chi connectivity index (χ3n) is 5.39. The van der Waals surface area contributed by atoms with E-state index >= 15 is 0 Å². The Bertz CT molecular complexity index is 914. The highest BCUT2D eigenvalue weighted by atomic mass is 32.1.